The molecule has 0 spiro atoms. The molecule has 0 bridgehead atoms. The molecule has 148 valence electrons. The molecule has 0 heterocycles. The minimum atomic E-state index is 0.0788. The maximum absolute atomic E-state index is 7.02. The molecule has 1 heteroatoms. The summed E-state index contributed by atoms with van der Waals surface area (Å²) in [7, 11) is 0. The first-order chi connectivity index (χ1) is 13.6. The standard InChI is InChI=1S/C28H29Cl/c1-27(2,3)19-13-15-22-23(16-19)25(18-10-8-7-9-11-18)21-14-12-20(28(4,5)6)17-24(21)26(22)29/h7-17H,1-6H3. The smallest absolute Gasteiger partial charge is 0.0563 e. The van der Waals surface area contributed by atoms with Crippen LogP contribution < -0.4 is 0 Å². The highest BCUT2D eigenvalue weighted by atomic mass is 35.5. The van der Waals surface area contributed by atoms with E-state index >= 15 is 0 Å². The Labute approximate surface area is 179 Å². The molecule has 4 rings (SSSR count). The number of hydrogen-bond donors (Lipinski definition) is 0. The Morgan fingerprint density at radius 2 is 1.07 bits per heavy atom. The van der Waals surface area contributed by atoms with Crippen molar-refractivity contribution in [2.75, 3.05) is 0 Å². The van der Waals surface area contributed by atoms with Crippen molar-refractivity contribution >= 4 is 33.1 Å². The quantitative estimate of drug-likeness (QED) is 0.280. The maximum atomic E-state index is 7.02. The molecule has 0 saturated carbocycles. The summed E-state index contributed by atoms with van der Waals surface area (Å²) in [6, 6.07) is 24.2. The molecule has 0 unspecified atom stereocenters. The van der Waals surface area contributed by atoms with Gasteiger partial charge < -0.3 is 0 Å². The molecule has 0 amide bonds. The molecule has 0 atom stereocenters. The first-order valence-corrected chi connectivity index (χ1v) is 10.7. The average molecular weight is 401 g/mol. The molecule has 4 aromatic carbocycles. The van der Waals surface area contributed by atoms with Gasteiger partial charge in [-0.15, -0.1) is 0 Å². The Balaban J connectivity index is 2.19. The second-order valence-electron chi connectivity index (χ2n) is 10.1. The lowest BCUT2D eigenvalue weighted by Gasteiger charge is -2.23. The lowest BCUT2D eigenvalue weighted by atomic mass is 9.82. The van der Waals surface area contributed by atoms with Crippen molar-refractivity contribution in [1.29, 1.82) is 0 Å². The fourth-order valence-electron chi connectivity index (χ4n) is 4.03. The normalized spacial score (nSPS) is 12.7. The Kier molecular flexibility index (Phi) is 4.74. The number of rotatable bonds is 1. The van der Waals surface area contributed by atoms with E-state index in [9.17, 15) is 0 Å². The Bertz CT molecular complexity index is 1200. The third-order valence-corrected chi connectivity index (χ3v) is 6.25. The zero-order chi connectivity index (χ0) is 21.0. The SMILES string of the molecule is CC(C)(C)c1ccc2c(-c3ccccc3)c3cc(C(C)(C)C)ccc3c(Cl)c2c1. The summed E-state index contributed by atoms with van der Waals surface area (Å²) in [5, 5.41) is 5.55. The summed E-state index contributed by atoms with van der Waals surface area (Å²) in [4.78, 5) is 0. The minimum absolute atomic E-state index is 0.0788. The van der Waals surface area contributed by atoms with Gasteiger partial charge in [-0.05, 0) is 56.0 Å². The molecule has 4 aromatic rings. The second-order valence-corrected chi connectivity index (χ2v) is 10.5. The number of benzene rings is 4. The number of hydrogen-bond acceptors (Lipinski definition) is 0. The zero-order valence-electron chi connectivity index (χ0n) is 18.2. The van der Waals surface area contributed by atoms with E-state index in [0.717, 1.165) is 15.8 Å². The summed E-state index contributed by atoms with van der Waals surface area (Å²) in [6.45, 7) is 13.5. The summed E-state index contributed by atoms with van der Waals surface area (Å²) in [6.07, 6.45) is 0. The topological polar surface area (TPSA) is 0 Å². The van der Waals surface area contributed by atoms with Gasteiger partial charge in [0, 0.05) is 10.8 Å². The number of fused-ring (bicyclic) bond motifs is 2. The molecule has 0 aromatic heterocycles. The van der Waals surface area contributed by atoms with Gasteiger partial charge >= 0.3 is 0 Å². The van der Waals surface area contributed by atoms with Crippen LogP contribution in [0.5, 0.6) is 0 Å². The Morgan fingerprint density at radius 1 is 0.552 bits per heavy atom. The maximum Gasteiger partial charge on any atom is 0.0563 e. The highest BCUT2D eigenvalue weighted by molar-refractivity contribution is 6.42. The van der Waals surface area contributed by atoms with E-state index in [1.54, 1.807) is 0 Å². The molecule has 0 aliphatic rings. The highest BCUT2D eigenvalue weighted by Gasteiger charge is 2.21. The van der Waals surface area contributed by atoms with Gasteiger partial charge in [0.15, 0.2) is 0 Å². The average Bonchev–Trinajstić information content (AvgIpc) is 2.67. The molecule has 0 saturated heterocycles. The molecule has 0 nitrogen and oxygen atoms in total. The minimum Gasteiger partial charge on any atom is -0.0830 e. The van der Waals surface area contributed by atoms with Gasteiger partial charge in [0.25, 0.3) is 0 Å². The first-order valence-electron chi connectivity index (χ1n) is 10.3. The van der Waals surface area contributed by atoms with Crippen LogP contribution in [0.25, 0.3) is 32.7 Å². The largest absolute Gasteiger partial charge is 0.0830 e. The van der Waals surface area contributed by atoms with Crippen LogP contribution in [0.3, 0.4) is 0 Å². The Morgan fingerprint density at radius 3 is 1.62 bits per heavy atom. The lowest BCUT2D eigenvalue weighted by molar-refractivity contribution is 0.590. The van der Waals surface area contributed by atoms with E-state index in [0.29, 0.717) is 0 Å². The van der Waals surface area contributed by atoms with Gasteiger partial charge in [0.1, 0.15) is 0 Å². The predicted molar refractivity (Wildman–Crippen MR) is 129 cm³/mol. The van der Waals surface area contributed by atoms with Crippen LogP contribution >= 0.6 is 11.6 Å². The van der Waals surface area contributed by atoms with Crippen LogP contribution in [-0.2, 0) is 10.8 Å². The van der Waals surface area contributed by atoms with E-state index in [2.05, 4.69) is 108 Å². The van der Waals surface area contributed by atoms with Crippen LogP contribution in [0.4, 0.5) is 0 Å². The van der Waals surface area contributed by atoms with Crippen LogP contribution in [0, 0.1) is 0 Å². The molecular formula is C28H29Cl. The van der Waals surface area contributed by atoms with Gasteiger partial charge in [-0.2, -0.15) is 0 Å². The summed E-state index contributed by atoms with van der Waals surface area (Å²) in [5.74, 6) is 0. The first kappa shape index (κ1) is 20.0. The monoisotopic (exact) mass is 400 g/mol. The van der Waals surface area contributed by atoms with E-state index in [1.165, 1.54) is 33.0 Å². The molecule has 0 fully saturated rings. The predicted octanol–water partition coefficient (Wildman–Crippen LogP) is 8.91. The van der Waals surface area contributed by atoms with E-state index in [1.807, 2.05) is 0 Å². The second kappa shape index (κ2) is 6.89. The van der Waals surface area contributed by atoms with Crippen molar-refractivity contribution in [2.45, 2.75) is 52.4 Å². The van der Waals surface area contributed by atoms with Crippen LogP contribution in [-0.4, -0.2) is 0 Å². The summed E-state index contributed by atoms with van der Waals surface area (Å²) >= 11 is 7.02. The van der Waals surface area contributed by atoms with Crippen molar-refractivity contribution in [1.82, 2.24) is 0 Å². The van der Waals surface area contributed by atoms with Crippen molar-refractivity contribution < 1.29 is 0 Å². The van der Waals surface area contributed by atoms with Gasteiger partial charge in [0.2, 0.25) is 0 Å². The van der Waals surface area contributed by atoms with Crippen LogP contribution in [0.1, 0.15) is 52.7 Å². The van der Waals surface area contributed by atoms with Crippen molar-refractivity contribution in [3.8, 4) is 11.1 Å². The van der Waals surface area contributed by atoms with Gasteiger partial charge in [-0.1, -0.05) is 108 Å². The fraction of sp³-hybridized carbons (Fsp3) is 0.286. The van der Waals surface area contributed by atoms with E-state index < -0.39 is 0 Å². The Hall–Kier alpha value is -2.31. The highest BCUT2D eigenvalue weighted by Crippen LogP contribution is 2.44. The molecule has 0 radical (unpaired) electrons. The molecule has 0 aliphatic carbocycles. The van der Waals surface area contributed by atoms with Gasteiger partial charge in [-0.25, -0.2) is 0 Å². The van der Waals surface area contributed by atoms with Gasteiger partial charge in [-0.3, -0.25) is 0 Å². The molecule has 29 heavy (non-hydrogen) atoms. The van der Waals surface area contributed by atoms with Gasteiger partial charge in [0.05, 0.1) is 5.02 Å². The zero-order valence-corrected chi connectivity index (χ0v) is 19.0. The van der Waals surface area contributed by atoms with Crippen molar-refractivity contribution in [3.63, 3.8) is 0 Å². The third-order valence-electron chi connectivity index (χ3n) is 5.85. The molecular weight excluding hydrogens is 372 g/mol. The van der Waals surface area contributed by atoms with Crippen LogP contribution in [0.2, 0.25) is 5.02 Å². The van der Waals surface area contributed by atoms with Crippen LogP contribution in [0.15, 0.2) is 66.7 Å². The summed E-state index contributed by atoms with van der Waals surface area (Å²) < 4.78 is 0. The van der Waals surface area contributed by atoms with E-state index in [4.69, 9.17) is 11.6 Å². The molecule has 0 N–H and O–H groups in total. The number of halogens is 1. The third kappa shape index (κ3) is 3.55. The van der Waals surface area contributed by atoms with E-state index in [-0.39, 0.29) is 10.8 Å². The van der Waals surface area contributed by atoms with Crippen molar-refractivity contribution in [2.24, 2.45) is 0 Å². The summed E-state index contributed by atoms with van der Waals surface area (Å²) in [5.41, 5.74) is 5.29. The fourth-order valence-corrected chi connectivity index (χ4v) is 4.35. The lowest BCUT2D eigenvalue weighted by Crippen LogP contribution is -2.11. The van der Waals surface area contributed by atoms with Crippen molar-refractivity contribution in [3.05, 3.63) is 82.9 Å². The molecule has 0 aliphatic heterocycles.